The van der Waals surface area contributed by atoms with Crippen LogP contribution in [0.5, 0.6) is 0 Å². The summed E-state index contributed by atoms with van der Waals surface area (Å²) < 4.78 is 0. The molecule has 0 aliphatic carbocycles. The van der Waals surface area contributed by atoms with Gasteiger partial charge >= 0.3 is 0 Å². The first kappa shape index (κ1) is 11.9. The smallest absolute Gasteiger partial charge is 0.0166 e. The Morgan fingerprint density at radius 3 is 2.08 bits per heavy atom. The van der Waals surface area contributed by atoms with Gasteiger partial charge in [0.25, 0.3) is 0 Å². The third-order valence-electron chi connectivity index (χ3n) is 2.20. The SMILES string of the molecule is CCNC(C)CN(CC)C(C)C. The van der Waals surface area contributed by atoms with Crippen LogP contribution in [0.1, 0.15) is 34.6 Å². The van der Waals surface area contributed by atoms with Gasteiger partial charge in [-0.05, 0) is 33.9 Å². The van der Waals surface area contributed by atoms with Crippen molar-refractivity contribution in [3.63, 3.8) is 0 Å². The van der Waals surface area contributed by atoms with Gasteiger partial charge in [0.1, 0.15) is 0 Å². The first-order valence-corrected chi connectivity index (χ1v) is 5.09. The van der Waals surface area contributed by atoms with Gasteiger partial charge in [-0.15, -0.1) is 0 Å². The molecule has 1 N–H and O–H groups in total. The summed E-state index contributed by atoms with van der Waals surface area (Å²) in [5.41, 5.74) is 0. The van der Waals surface area contributed by atoms with Crippen molar-refractivity contribution in [3.8, 4) is 0 Å². The van der Waals surface area contributed by atoms with Gasteiger partial charge in [0.05, 0.1) is 0 Å². The summed E-state index contributed by atoms with van der Waals surface area (Å²) in [6.07, 6.45) is 0. The van der Waals surface area contributed by atoms with Gasteiger partial charge in [-0.25, -0.2) is 0 Å². The largest absolute Gasteiger partial charge is 0.313 e. The Labute approximate surface area is 77.3 Å². The monoisotopic (exact) mass is 172 g/mol. The van der Waals surface area contributed by atoms with Crippen LogP contribution >= 0.6 is 0 Å². The number of rotatable bonds is 6. The van der Waals surface area contributed by atoms with E-state index in [0.29, 0.717) is 12.1 Å². The quantitative estimate of drug-likeness (QED) is 0.656. The Bertz CT molecular complexity index is 102. The first-order valence-electron chi connectivity index (χ1n) is 5.09. The van der Waals surface area contributed by atoms with E-state index in [-0.39, 0.29) is 0 Å². The number of likely N-dealkylation sites (N-methyl/N-ethyl adjacent to an activating group) is 2. The van der Waals surface area contributed by atoms with Crippen LogP contribution in [0.3, 0.4) is 0 Å². The van der Waals surface area contributed by atoms with E-state index in [1.807, 2.05) is 0 Å². The molecule has 0 amide bonds. The molecule has 2 heteroatoms. The molecule has 0 rings (SSSR count). The molecule has 1 unspecified atom stereocenters. The second-order valence-electron chi connectivity index (χ2n) is 3.64. The predicted molar refractivity (Wildman–Crippen MR) is 55.5 cm³/mol. The van der Waals surface area contributed by atoms with Gasteiger partial charge < -0.3 is 5.32 Å². The third kappa shape index (κ3) is 4.73. The number of hydrogen-bond donors (Lipinski definition) is 1. The second kappa shape index (κ2) is 6.44. The lowest BCUT2D eigenvalue weighted by atomic mass is 10.2. The highest BCUT2D eigenvalue weighted by molar-refractivity contribution is 4.68. The zero-order chi connectivity index (χ0) is 9.56. The number of nitrogens with zero attached hydrogens (tertiary/aromatic N) is 1. The lowest BCUT2D eigenvalue weighted by Gasteiger charge is -2.28. The normalized spacial score (nSPS) is 14.2. The maximum absolute atomic E-state index is 3.42. The molecule has 0 fully saturated rings. The summed E-state index contributed by atoms with van der Waals surface area (Å²) in [5.74, 6) is 0. The molecule has 0 aromatic rings. The van der Waals surface area contributed by atoms with E-state index in [1.54, 1.807) is 0 Å². The van der Waals surface area contributed by atoms with Gasteiger partial charge in [-0.3, -0.25) is 4.90 Å². The molecular formula is C10H24N2. The molecule has 0 saturated carbocycles. The summed E-state index contributed by atoms with van der Waals surface area (Å²) >= 11 is 0. The lowest BCUT2D eigenvalue weighted by molar-refractivity contribution is 0.212. The van der Waals surface area contributed by atoms with Crippen LogP contribution in [-0.4, -0.2) is 36.6 Å². The molecule has 0 aromatic heterocycles. The topological polar surface area (TPSA) is 15.3 Å². The molecule has 0 spiro atoms. The van der Waals surface area contributed by atoms with E-state index < -0.39 is 0 Å². The van der Waals surface area contributed by atoms with Crippen LogP contribution < -0.4 is 5.32 Å². The Balaban J connectivity index is 3.69. The molecule has 0 aliphatic heterocycles. The van der Waals surface area contributed by atoms with E-state index in [2.05, 4.69) is 44.8 Å². The van der Waals surface area contributed by atoms with Crippen molar-refractivity contribution in [2.24, 2.45) is 0 Å². The average molecular weight is 172 g/mol. The van der Waals surface area contributed by atoms with Gasteiger partial charge in [-0.1, -0.05) is 13.8 Å². The van der Waals surface area contributed by atoms with Crippen LogP contribution in [0.15, 0.2) is 0 Å². The van der Waals surface area contributed by atoms with Gasteiger partial charge in [0, 0.05) is 18.6 Å². The fourth-order valence-corrected chi connectivity index (χ4v) is 1.47. The Kier molecular flexibility index (Phi) is 6.39. The summed E-state index contributed by atoms with van der Waals surface area (Å²) in [5, 5.41) is 3.42. The van der Waals surface area contributed by atoms with Gasteiger partial charge in [-0.2, -0.15) is 0 Å². The van der Waals surface area contributed by atoms with Crippen LogP contribution in [0, 0.1) is 0 Å². The van der Waals surface area contributed by atoms with Crippen molar-refractivity contribution in [1.82, 2.24) is 10.2 Å². The average Bonchev–Trinajstić information content (AvgIpc) is 2.00. The summed E-state index contributed by atoms with van der Waals surface area (Å²) in [7, 11) is 0. The Morgan fingerprint density at radius 1 is 1.17 bits per heavy atom. The van der Waals surface area contributed by atoms with Crippen LogP contribution in [0.2, 0.25) is 0 Å². The zero-order valence-electron chi connectivity index (χ0n) is 9.22. The van der Waals surface area contributed by atoms with E-state index >= 15 is 0 Å². The molecule has 0 saturated heterocycles. The molecule has 0 aliphatic rings. The summed E-state index contributed by atoms with van der Waals surface area (Å²) in [4.78, 5) is 2.48. The standard InChI is InChI=1S/C10H24N2/c1-6-11-10(5)8-12(7-2)9(3)4/h9-11H,6-8H2,1-5H3. The van der Waals surface area contributed by atoms with Gasteiger partial charge in [0.2, 0.25) is 0 Å². The fraction of sp³-hybridized carbons (Fsp3) is 1.00. The van der Waals surface area contributed by atoms with Gasteiger partial charge in [0.15, 0.2) is 0 Å². The summed E-state index contributed by atoms with van der Waals surface area (Å²) in [6, 6.07) is 1.27. The van der Waals surface area contributed by atoms with E-state index in [9.17, 15) is 0 Å². The van der Waals surface area contributed by atoms with E-state index in [0.717, 1.165) is 19.6 Å². The maximum Gasteiger partial charge on any atom is 0.0166 e. The molecule has 12 heavy (non-hydrogen) atoms. The minimum absolute atomic E-state index is 0.609. The molecule has 0 heterocycles. The number of hydrogen-bond acceptors (Lipinski definition) is 2. The minimum atomic E-state index is 0.609. The fourth-order valence-electron chi connectivity index (χ4n) is 1.47. The summed E-state index contributed by atoms with van der Waals surface area (Å²) in [6.45, 7) is 14.5. The van der Waals surface area contributed by atoms with E-state index in [1.165, 1.54) is 0 Å². The molecule has 0 radical (unpaired) electrons. The second-order valence-corrected chi connectivity index (χ2v) is 3.64. The van der Waals surface area contributed by atoms with E-state index in [4.69, 9.17) is 0 Å². The van der Waals surface area contributed by atoms with Crippen molar-refractivity contribution in [2.75, 3.05) is 19.6 Å². The number of nitrogens with one attached hydrogen (secondary N) is 1. The molecular weight excluding hydrogens is 148 g/mol. The molecule has 2 nitrogen and oxygen atoms in total. The Hall–Kier alpha value is -0.0800. The zero-order valence-corrected chi connectivity index (χ0v) is 9.22. The highest BCUT2D eigenvalue weighted by Crippen LogP contribution is 1.98. The maximum atomic E-state index is 3.42. The third-order valence-corrected chi connectivity index (χ3v) is 2.20. The van der Waals surface area contributed by atoms with Crippen molar-refractivity contribution in [1.29, 1.82) is 0 Å². The van der Waals surface area contributed by atoms with Crippen LogP contribution in [0.4, 0.5) is 0 Å². The minimum Gasteiger partial charge on any atom is -0.313 e. The molecule has 0 aromatic carbocycles. The molecule has 0 bridgehead atoms. The highest BCUT2D eigenvalue weighted by Gasteiger charge is 2.09. The van der Waals surface area contributed by atoms with Crippen molar-refractivity contribution >= 4 is 0 Å². The lowest BCUT2D eigenvalue weighted by Crippen LogP contribution is -2.42. The van der Waals surface area contributed by atoms with Crippen molar-refractivity contribution in [3.05, 3.63) is 0 Å². The van der Waals surface area contributed by atoms with Crippen LogP contribution in [-0.2, 0) is 0 Å². The Morgan fingerprint density at radius 2 is 1.75 bits per heavy atom. The molecule has 1 atom stereocenters. The van der Waals surface area contributed by atoms with Crippen molar-refractivity contribution in [2.45, 2.75) is 46.7 Å². The van der Waals surface area contributed by atoms with Crippen LogP contribution in [0.25, 0.3) is 0 Å². The predicted octanol–water partition coefficient (Wildman–Crippen LogP) is 1.71. The molecule has 74 valence electrons. The highest BCUT2D eigenvalue weighted by atomic mass is 15.2. The van der Waals surface area contributed by atoms with Crippen molar-refractivity contribution < 1.29 is 0 Å². The first-order chi connectivity index (χ1) is 5.61.